The Bertz CT molecular complexity index is 567. The van der Waals surface area contributed by atoms with Crippen LogP contribution in [0.2, 0.25) is 0 Å². The molecule has 1 amide bonds. The van der Waals surface area contributed by atoms with E-state index in [1.165, 1.54) is 0 Å². The van der Waals surface area contributed by atoms with Crippen molar-refractivity contribution >= 4 is 11.9 Å². The van der Waals surface area contributed by atoms with Gasteiger partial charge < -0.3 is 19.5 Å². The summed E-state index contributed by atoms with van der Waals surface area (Å²) in [6.45, 7) is 0.260. The number of carbonyl (C=O) groups excluding carboxylic acids is 2. The van der Waals surface area contributed by atoms with E-state index in [1.807, 2.05) is 18.2 Å². The molecule has 6 nitrogen and oxygen atoms in total. The maximum absolute atomic E-state index is 11.7. The lowest BCUT2D eigenvalue weighted by molar-refractivity contribution is -0.152. The molecule has 0 spiro atoms. The summed E-state index contributed by atoms with van der Waals surface area (Å²) in [5.74, 6) is 0.782. The molecule has 1 aromatic rings. The quantitative estimate of drug-likeness (QED) is 0.737. The number of hydrogen-bond donors (Lipinski definition) is 1. The van der Waals surface area contributed by atoms with Crippen LogP contribution in [0.4, 0.5) is 0 Å². The van der Waals surface area contributed by atoms with Crippen LogP contribution in [-0.2, 0) is 20.7 Å². The Morgan fingerprint density at radius 3 is 2.50 bits per heavy atom. The predicted molar refractivity (Wildman–Crippen MR) is 89.2 cm³/mol. The van der Waals surface area contributed by atoms with E-state index in [0.29, 0.717) is 24.5 Å². The van der Waals surface area contributed by atoms with Gasteiger partial charge in [-0.15, -0.1) is 0 Å². The van der Waals surface area contributed by atoms with Gasteiger partial charge in [0.05, 0.1) is 20.1 Å². The van der Waals surface area contributed by atoms with Crippen molar-refractivity contribution in [2.24, 2.45) is 5.92 Å². The van der Waals surface area contributed by atoms with E-state index in [0.717, 1.165) is 31.2 Å². The van der Waals surface area contributed by atoms with Crippen LogP contribution < -0.4 is 14.8 Å². The van der Waals surface area contributed by atoms with Crippen molar-refractivity contribution < 1.29 is 23.8 Å². The Balaban J connectivity index is 1.69. The average Bonchev–Trinajstić information content (AvgIpc) is 3.14. The minimum absolute atomic E-state index is 0.0236. The predicted octanol–water partition coefficient (Wildman–Crippen LogP) is 2.10. The van der Waals surface area contributed by atoms with Crippen molar-refractivity contribution in [1.82, 2.24) is 5.32 Å². The van der Waals surface area contributed by atoms with Crippen LogP contribution in [-0.4, -0.2) is 39.2 Å². The van der Waals surface area contributed by atoms with Gasteiger partial charge in [0.2, 0.25) is 0 Å². The molecule has 132 valence electrons. The van der Waals surface area contributed by atoms with E-state index in [4.69, 9.17) is 14.2 Å². The molecule has 0 bridgehead atoms. The number of carbonyl (C=O) groups is 2. The largest absolute Gasteiger partial charge is 0.493 e. The van der Waals surface area contributed by atoms with Crippen LogP contribution in [0.25, 0.3) is 0 Å². The van der Waals surface area contributed by atoms with Gasteiger partial charge in [-0.1, -0.05) is 18.9 Å². The zero-order valence-electron chi connectivity index (χ0n) is 14.3. The van der Waals surface area contributed by atoms with Gasteiger partial charge in [0.25, 0.3) is 5.91 Å². The molecule has 0 radical (unpaired) electrons. The Labute approximate surface area is 142 Å². The van der Waals surface area contributed by atoms with E-state index in [1.54, 1.807) is 14.2 Å². The molecule has 0 saturated heterocycles. The first kappa shape index (κ1) is 18.1. The molecule has 1 fully saturated rings. The number of esters is 1. The third-order valence-corrected chi connectivity index (χ3v) is 4.22. The second-order valence-electron chi connectivity index (χ2n) is 5.88. The Morgan fingerprint density at radius 1 is 1.12 bits per heavy atom. The van der Waals surface area contributed by atoms with Gasteiger partial charge in [-0.05, 0) is 37.0 Å². The number of amides is 1. The second-order valence-corrected chi connectivity index (χ2v) is 5.88. The number of hydrogen-bond acceptors (Lipinski definition) is 5. The molecule has 1 N–H and O–H groups in total. The van der Waals surface area contributed by atoms with Gasteiger partial charge in [-0.25, -0.2) is 0 Å². The lowest BCUT2D eigenvalue weighted by Crippen LogP contribution is -2.31. The van der Waals surface area contributed by atoms with Gasteiger partial charge in [0.1, 0.15) is 0 Å². The lowest BCUT2D eigenvalue weighted by atomic mass is 10.1. The van der Waals surface area contributed by atoms with Gasteiger partial charge in [0, 0.05) is 6.54 Å². The minimum Gasteiger partial charge on any atom is -0.493 e. The van der Waals surface area contributed by atoms with Crippen LogP contribution >= 0.6 is 0 Å². The highest BCUT2D eigenvalue weighted by Gasteiger charge is 2.24. The molecule has 6 heteroatoms. The number of ether oxygens (including phenoxy) is 3. The number of methoxy groups -OCH3 is 2. The van der Waals surface area contributed by atoms with Gasteiger partial charge >= 0.3 is 5.97 Å². The van der Waals surface area contributed by atoms with Crippen LogP contribution in [0.15, 0.2) is 18.2 Å². The molecule has 24 heavy (non-hydrogen) atoms. The highest BCUT2D eigenvalue weighted by atomic mass is 16.5. The van der Waals surface area contributed by atoms with Gasteiger partial charge in [0.15, 0.2) is 18.1 Å². The highest BCUT2D eigenvalue weighted by Crippen LogP contribution is 2.27. The molecule has 1 aliphatic rings. The van der Waals surface area contributed by atoms with Crippen LogP contribution in [0, 0.1) is 5.92 Å². The molecule has 0 aliphatic heterocycles. The van der Waals surface area contributed by atoms with Crippen molar-refractivity contribution in [1.29, 1.82) is 0 Å². The molecule has 1 aromatic carbocycles. The Kier molecular flexibility index (Phi) is 6.90. The zero-order valence-corrected chi connectivity index (χ0v) is 14.3. The third kappa shape index (κ3) is 5.15. The van der Waals surface area contributed by atoms with Crippen LogP contribution in [0.3, 0.4) is 0 Å². The third-order valence-electron chi connectivity index (χ3n) is 4.22. The summed E-state index contributed by atoms with van der Waals surface area (Å²) < 4.78 is 15.5. The number of nitrogens with one attached hydrogen (secondary N) is 1. The molecule has 1 saturated carbocycles. The van der Waals surface area contributed by atoms with Gasteiger partial charge in [-0.2, -0.15) is 0 Å². The first-order valence-electron chi connectivity index (χ1n) is 8.28. The second kappa shape index (κ2) is 9.15. The minimum atomic E-state index is -0.276. The first-order chi connectivity index (χ1) is 11.6. The molecule has 0 unspecified atom stereocenters. The van der Waals surface area contributed by atoms with E-state index >= 15 is 0 Å². The fraction of sp³-hybridized carbons (Fsp3) is 0.556. The highest BCUT2D eigenvalue weighted by molar-refractivity contribution is 5.81. The van der Waals surface area contributed by atoms with E-state index in [9.17, 15) is 9.59 Å². The van der Waals surface area contributed by atoms with Crippen molar-refractivity contribution in [3.63, 3.8) is 0 Å². The first-order valence-corrected chi connectivity index (χ1v) is 8.28. The van der Waals surface area contributed by atoms with Crippen molar-refractivity contribution in [3.05, 3.63) is 23.8 Å². The molecular weight excluding hydrogens is 310 g/mol. The van der Waals surface area contributed by atoms with Crippen molar-refractivity contribution in [2.75, 3.05) is 27.4 Å². The molecule has 0 heterocycles. The summed E-state index contributed by atoms with van der Waals surface area (Å²) in [5.41, 5.74) is 1.02. The number of benzene rings is 1. The molecular formula is C18H25NO5. The Morgan fingerprint density at radius 2 is 1.83 bits per heavy atom. The van der Waals surface area contributed by atoms with Crippen molar-refractivity contribution in [3.8, 4) is 11.5 Å². The van der Waals surface area contributed by atoms with Crippen molar-refractivity contribution in [2.45, 2.75) is 32.1 Å². The topological polar surface area (TPSA) is 73.9 Å². The summed E-state index contributed by atoms with van der Waals surface area (Å²) in [4.78, 5) is 23.5. The smallest absolute Gasteiger partial charge is 0.309 e. The SMILES string of the molecule is COc1ccc(CCNC(=O)COC(=O)C2CCCC2)cc1OC. The molecule has 0 aromatic heterocycles. The van der Waals surface area contributed by atoms with Crippen LogP contribution in [0.5, 0.6) is 11.5 Å². The zero-order chi connectivity index (χ0) is 17.4. The summed E-state index contributed by atoms with van der Waals surface area (Å²) >= 11 is 0. The lowest BCUT2D eigenvalue weighted by Gasteiger charge is -2.11. The molecule has 2 rings (SSSR count). The van der Waals surface area contributed by atoms with E-state index < -0.39 is 0 Å². The number of rotatable bonds is 8. The maximum atomic E-state index is 11.7. The molecule has 0 atom stereocenters. The Hall–Kier alpha value is -2.24. The van der Waals surface area contributed by atoms with E-state index in [2.05, 4.69) is 5.32 Å². The average molecular weight is 335 g/mol. The summed E-state index contributed by atoms with van der Waals surface area (Å²) in [6, 6.07) is 5.64. The fourth-order valence-electron chi connectivity index (χ4n) is 2.85. The van der Waals surface area contributed by atoms with Gasteiger partial charge in [-0.3, -0.25) is 9.59 Å². The van der Waals surface area contributed by atoms with Crippen LogP contribution in [0.1, 0.15) is 31.2 Å². The monoisotopic (exact) mass is 335 g/mol. The fourth-order valence-corrected chi connectivity index (χ4v) is 2.85. The molecule has 1 aliphatic carbocycles. The summed E-state index contributed by atoms with van der Waals surface area (Å²) in [5, 5.41) is 2.75. The maximum Gasteiger partial charge on any atom is 0.309 e. The standard InChI is InChI=1S/C18H25NO5/c1-22-15-8-7-13(11-16(15)23-2)9-10-19-17(20)12-24-18(21)14-5-3-4-6-14/h7-8,11,14H,3-6,9-10,12H2,1-2H3,(H,19,20). The summed E-state index contributed by atoms with van der Waals surface area (Å²) in [6.07, 6.45) is 4.54. The normalized spacial score (nSPS) is 14.2. The van der Waals surface area contributed by atoms with E-state index in [-0.39, 0.29) is 24.4 Å². The summed E-state index contributed by atoms with van der Waals surface area (Å²) in [7, 11) is 3.17.